The van der Waals surface area contributed by atoms with Crippen LogP contribution in [-0.4, -0.2) is 14.5 Å². The predicted octanol–water partition coefficient (Wildman–Crippen LogP) is 15.6. The topological polar surface area (TPSA) is 43.9 Å². The molecule has 0 saturated heterocycles. The van der Waals surface area contributed by atoms with Gasteiger partial charge in [0.05, 0.1) is 22.2 Å². The van der Waals surface area contributed by atoms with Crippen LogP contribution in [0.25, 0.3) is 116 Å². The van der Waals surface area contributed by atoms with E-state index in [0.717, 1.165) is 83.4 Å². The second-order valence-electron chi connectivity index (χ2n) is 17.3. The van der Waals surface area contributed by atoms with Gasteiger partial charge in [0.2, 0.25) is 0 Å². The molecule has 1 aliphatic rings. The highest BCUT2D eigenvalue weighted by atomic mass is 16.3. The lowest BCUT2D eigenvalue weighted by atomic mass is 9.81. The summed E-state index contributed by atoms with van der Waals surface area (Å²) in [6, 6.07) is 71.7. The molecule has 0 radical (unpaired) electrons. The molecule has 0 amide bonds. The lowest BCUT2D eigenvalue weighted by Crippen LogP contribution is -2.15. The van der Waals surface area contributed by atoms with Crippen LogP contribution in [0.15, 0.2) is 205 Å². The lowest BCUT2D eigenvalue weighted by molar-refractivity contribution is 0.660. The van der Waals surface area contributed by atoms with Crippen LogP contribution in [0.2, 0.25) is 0 Å². The quantitative estimate of drug-likeness (QED) is 0.174. The van der Waals surface area contributed by atoms with Crippen molar-refractivity contribution in [1.82, 2.24) is 14.5 Å². The SMILES string of the molecule is CC1(C)c2cc(-c3nc(-c4ccccc4)c4cc(-c5ccc6c(c5)c5ccccc5n6-c5ccccc5)ccc4n3)ccc2-c2ccc(-c3cccc4c3oc3ccccc34)cc21. The Morgan fingerprint density at radius 1 is 0.413 bits per heavy atom. The largest absolute Gasteiger partial charge is 0.455 e. The highest BCUT2D eigenvalue weighted by molar-refractivity contribution is 6.11. The molecule has 0 fully saturated rings. The summed E-state index contributed by atoms with van der Waals surface area (Å²) < 4.78 is 8.83. The molecule has 9 aromatic carbocycles. The zero-order valence-corrected chi connectivity index (χ0v) is 34.8. The average Bonchev–Trinajstić information content (AvgIpc) is 3.96. The second kappa shape index (κ2) is 13.5. The van der Waals surface area contributed by atoms with E-state index in [4.69, 9.17) is 14.4 Å². The van der Waals surface area contributed by atoms with E-state index in [1.54, 1.807) is 0 Å². The van der Waals surface area contributed by atoms with Gasteiger partial charge in [0.25, 0.3) is 0 Å². The summed E-state index contributed by atoms with van der Waals surface area (Å²) in [6.07, 6.45) is 0. The van der Waals surface area contributed by atoms with Crippen LogP contribution < -0.4 is 0 Å². The van der Waals surface area contributed by atoms with Crippen LogP contribution in [0.1, 0.15) is 25.0 Å². The van der Waals surface area contributed by atoms with Gasteiger partial charge in [-0.1, -0.05) is 153 Å². The average molecular weight is 806 g/mol. The molecule has 296 valence electrons. The third kappa shape index (κ3) is 5.41. The summed E-state index contributed by atoms with van der Waals surface area (Å²) in [5.74, 6) is 0.719. The second-order valence-corrected chi connectivity index (χ2v) is 17.3. The van der Waals surface area contributed by atoms with Crippen molar-refractivity contribution in [2.24, 2.45) is 0 Å². The van der Waals surface area contributed by atoms with Gasteiger partial charge in [-0.25, -0.2) is 9.97 Å². The smallest absolute Gasteiger partial charge is 0.160 e. The van der Waals surface area contributed by atoms with Gasteiger partial charge in [-0.2, -0.15) is 0 Å². The van der Waals surface area contributed by atoms with Crippen molar-refractivity contribution >= 4 is 54.6 Å². The summed E-state index contributed by atoms with van der Waals surface area (Å²) in [4.78, 5) is 10.7. The minimum Gasteiger partial charge on any atom is -0.455 e. The van der Waals surface area contributed by atoms with E-state index in [1.807, 2.05) is 12.1 Å². The maximum atomic E-state index is 6.47. The standard InChI is InChI=1S/C59H39N3O/c1-59(2)50-34-39(42-20-13-21-47-46-19-10-12-23-55(46)63-57(42)47)24-28-43(50)44-29-25-40(35-51(44)59)58-60-52-30-26-37(33-49(52)56(61-58)36-14-5-3-6-15-36)38-27-31-54-48(32-38)45-18-9-11-22-53(45)62(54)41-16-7-4-8-17-41/h3-35H,1-2H3. The molecule has 0 spiro atoms. The first-order chi connectivity index (χ1) is 31.0. The fraction of sp³-hybridized carbons (Fsp3) is 0.0508. The molecular weight excluding hydrogens is 767 g/mol. The predicted molar refractivity (Wildman–Crippen MR) is 260 cm³/mol. The molecule has 0 aliphatic heterocycles. The van der Waals surface area contributed by atoms with E-state index in [1.165, 1.54) is 44.1 Å². The van der Waals surface area contributed by atoms with E-state index in [0.29, 0.717) is 0 Å². The van der Waals surface area contributed by atoms with Crippen LogP contribution in [-0.2, 0) is 5.41 Å². The summed E-state index contributed by atoms with van der Waals surface area (Å²) in [5.41, 5.74) is 18.7. The molecule has 4 heteroatoms. The number of fused-ring (bicyclic) bond motifs is 10. The first-order valence-electron chi connectivity index (χ1n) is 21.6. The molecular formula is C59H39N3O. The first kappa shape index (κ1) is 35.7. The number of para-hydroxylation sites is 4. The molecule has 4 nitrogen and oxygen atoms in total. The van der Waals surface area contributed by atoms with Crippen molar-refractivity contribution in [1.29, 1.82) is 0 Å². The molecule has 1 aliphatic carbocycles. The zero-order chi connectivity index (χ0) is 41.8. The number of nitrogens with zero attached hydrogens (tertiary/aromatic N) is 3. The van der Waals surface area contributed by atoms with Crippen LogP contribution in [0, 0.1) is 0 Å². The highest BCUT2D eigenvalue weighted by Gasteiger charge is 2.36. The Hall–Kier alpha value is -8.08. The van der Waals surface area contributed by atoms with Crippen LogP contribution in [0.3, 0.4) is 0 Å². The fourth-order valence-electron chi connectivity index (χ4n) is 10.3. The van der Waals surface area contributed by atoms with Gasteiger partial charge >= 0.3 is 0 Å². The number of rotatable bonds is 5. The van der Waals surface area contributed by atoms with Gasteiger partial charge < -0.3 is 8.98 Å². The molecule has 3 aromatic heterocycles. The minimum absolute atomic E-state index is 0.249. The van der Waals surface area contributed by atoms with Gasteiger partial charge in [-0.3, -0.25) is 0 Å². The monoisotopic (exact) mass is 805 g/mol. The maximum Gasteiger partial charge on any atom is 0.160 e. The van der Waals surface area contributed by atoms with Crippen molar-refractivity contribution in [2.45, 2.75) is 19.3 Å². The Balaban J connectivity index is 0.908. The third-order valence-electron chi connectivity index (χ3n) is 13.4. The maximum absolute atomic E-state index is 6.47. The Labute approximate surface area is 364 Å². The molecule has 0 atom stereocenters. The molecule has 13 rings (SSSR count). The van der Waals surface area contributed by atoms with Crippen LogP contribution >= 0.6 is 0 Å². The summed E-state index contributed by atoms with van der Waals surface area (Å²) in [7, 11) is 0. The van der Waals surface area contributed by atoms with E-state index in [-0.39, 0.29) is 5.41 Å². The van der Waals surface area contributed by atoms with Crippen molar-refractivity contribution in [3.63, 3.8) is 0 Å². The van der Waals surface area contributed by atoms with Crippen molar-refractivity contribution in [2.75, 3.05) is 0 Å². The summed E-state index contributed by atoms with van der Waals surface area (Å²) in [6.45, 7) is 4.67. The Bertz CT molecular complexity index is 3820. The van der Waals surface area contributed by atoms with E-state index < -0.39 is 0 Å². The molecule has 12 aromatic rings. The minimum atomic E-state index is -0.249. The molecule has 63 heavy (non-hydrogen) atoms. The molecule has 0 N–H and O–H groups in total. The lowest BCUT2D eigenvalue weighted by Gasteiger charge is -2.22. The number of hydrogen-bond acceptors (Lipinski definition) is 3. The molecule has 0 bridgehead atoms. The Morgan fingerprint density at radius 3 is 1.84 bits per heavy atom. The molecule has 0 saturated carbocycles. The van der Waals surface area contributed by atoms with Gasteiger partial charge in [-0.15, -0.1) is 0 Å². The summed E-state index contributed by atoms with van der Waals surface area (Å²) >= 11 is 0. The normalized spacial score (nSPS) is 13.0. The van der Waals surface area contributed by atoms with Crippen molar-refractivity contribution < 1.29 is 4.42 Å². The molecule has 3 heterocycles. The third-order valence-corrected chi connectivity index (χ3v) is 13.4. The molecule has 0 unspecified atom stereocenters. The van der Waals surface area contributed by atoms with Crippen molar-refractivity contribution in [3.05, 3.63) is 211 Å². The van der Waals surface area contributed by atoms with Crippen molar-refractivity contribution in [3.8, 4) is 61.7 Å². The Morgan fingerprint density at radius 2 is 1.03 bits per heavy atom. The number of benzene rings is 9. The fourth-order valence-corrected chi connectivity index (χ4v) is 10.3. The van der Waals surface area contributed by atoms with Gasteiger partial charge in [0.1, 0.15) is 11.2 Å². The van der Waals surface area contributed by atoms with E-state index in [9.17, 15) is 0 Å². The van der Waals surface area contributed by atoms with E-state index in [2.05, 4.69) is 206 Å². The van der Waals surface area contributed by atoms with Gasteiger partial charge in [0, 0.05) is 54.7 Å². The van der Waals surface area contributed by atoms with Crippen LogP contribution in [0.4, 0.5) is 0 Å². The number of furan rings is 1. The zero-order valence-electron chi connectivity index (χ0n) is 34.8. The van der Waals surface area contributed by atoms with Gasteiger partial charge in [-0.05, 0) is 99.6 Å². The summed E-state index contributed by atoms with van der Waals surface area (Å²) in [5, 5.41) is 5.77. The Kier molecular flexibility index (Phi) is 7.62. The van der Waals surface area contributed by atoms with Gasteiger partial charge in [0.15, 0.2) is 5.82 Å². The first-order valence-corrected chi connectivity index (χ1v) is 21.6. The number of hydrogen-bond donors (Lipinski definition) is 0. The van der Waals surface area contributed by atoms with Crippen LogP contribution in [0.5, 0.6) is 0 Å². The number of aromatic nitrogens is 3. The highest BCUT2D eigenvalue weighted by Crippen LogP contribution is 2.51. The van der Waals surface area contributed by atoms with E-state index >= 15 is 0 Å².